The Balaban J connectivity index is 1.49. The third kappa shape index (κ3) is 4.77. The fraction of sp³-hybridized carbons (Fsp3) is 0.269. The maximum absolute atomic E-state index is 13.4. The van der Waals surface area contributed by atoms with Crippen molar-refractivity contribution in [1.29, 1.82) is 0 Å². The van der Waals surface area contributed by atoms with Crippen LogP contribution in [0.2, 0.25) is 0 Å². The zero-order valence-electron chi connectivity index (χ0n) is 17.3. The minimum Gasteiger partial charge on any atom is -0.305 e. The van der Waals surface area contributed by atoms with Gasteiger partial charge in [-0.1, -0.05) is 48.0 Å². The molecule has 0 unspecified atom stereocenters. The molecule has 0 aliphatic carbocycles. The van der Waals surface area contributed by atoms with Crippen LogP contribution in [-0.2, 0) is 6.54 Å². The van der Waals surface area contributed by atoms with Crippen LogP contribution in [0.15, 0.2) is 78.9 Å². The molecule has 3 aromatic rings. The molecular weight excluding hydrogens is 375 g/mol. The van der Waals surface area contributed by atoms with Gasteiger partial charge in [0.25, 0.3) is 5.91 Å². The van der Waals surface area contributed by atoms with Crippen LogP contribution in [0, 0.1) is 12.7 Å². The number of anilines is 1. The highest BCUT2D eigenvalue weighted by Gasteiger charge is 2.29. The number of rotatable bonds is 5. The molecule has 0 saturated carbocycles. The van der Waals surface area contributed by atoms with Crippen molar-refractivity contribution in [3.8, 4) is 0 Å². The monoisotopic (exact) mass is 402 g/mol. The number of aryl methyl sites for hydroxylation is 1. The average Bonchev–Trinajstić information content (AvgIpc) is 2.78. The van der Waals surface area contributed by atoms with Gasteiger partial charge < -0.3 is 4.90 Å². The summed E-state index contributed by atoms with van der Waals surface area (Å²) in [5, 5.41) is 0. The van der Waals surface area contributed by atoms with E-state index in [9.17, 15) is 9.18 Å². The molecule has 1 aliphatic rings. The molecule has 154 valence electrons. The topological polar surface area (TPSA) is 23.6 Å². The molecular formula is C26H27FN2O. The zero-order valence-corrected chi connectivity index (χ0v) is 17.3. The van der Waals surface area contributed by atoms with Gasteiger partial charge in [-0.05, 0) is 61.7 Å². The molecule has 1 heterocycles. The molecule has 0 N–H and O–H groups in total. The van der Waals surface area contributed by atoms with Crippen molar-refractivity contribution in [2.75, 3.05) is 18.0 Å². The molecule has 1 aliphatic heterocycles. The van der Waals surface area contributed by atoms with Crippen LogP contribution >= 0.6 is 0 Å². The van der Waals surface area contributed by atoms with Crippen LogP contribution in [-0.4, -0.2) is 29.9 Å². The number of amides is 1. The molecule has 4 heteroatoms. The number of halogens is 1. The second-order valence-corrected chi connectivity index (χ2v) is 8.01. The van der Waals surface area contributed by atoms with Gasteiger partial charge in [-0.3, -0.25) is 9.69 Å². The van der Waals surface area contributed by atoms with Crippen molar-refractivity contribution in [2.45, 2.75) is 32.4 Å². The van der Waals surface area contributed by atoms with Crippen LogP contribution < -0.4 is 4.90 Å². The second-order valence-electron chi connectivity index (χ2n) is 8.01. The number of benzene rings is 3. The van der Waals surface area contributed by atoms with Gasteiger partial charge in [0.15, 0.2) is 0 Å². The summed E-state index contributed by atoms with van der Waals surface area (Å²) in [4.78, 5) is 17.8. The molecule has 0 bridgehead atoms. The van der Waals surface area contributed by atoms with Gasteiger partial charge in [-0.25, -0.2) is 4.39 Å². The Kier molecular flexibility index (Phi) is 6.24. The lowest BCUT2D eigenvalue weighted by Crippen LogP contribution is -2.47. The van der Waals surface area contributed by atoms with E-state index < -0.39 is 0 Å². The van der Waals surface area contributed by atoms with E-state index in [2.05, 4.69) is 24.0 Å². The lowest BCUT2D eigenvalue weighted by molar-refractivity contribution is 0.0958. The van der Waals surface area contributed by atoms with Crippen LogP contribution in [0.4, 0.5) is 10.1 Å². The summed E-state index contributed by atoms with van der Waals surface area (Å²) in [5.74, 6) is -0.151. The number of carbonyl (C=O) groups is 1. The molecule has 0 aromatic heterocycles. The SMILES string of the molecule is Cc1ccc(N(C(=O)c2ccccc2)C2CCN(Cc3ccc(F)cc3)CC2)cc1. The van der Waals surface area contributed by atoms with Gasteiger partial charge in [-0.15, -0.1) is 0 Å². The summed E-state index contributed by atoms with van der Waals surface area (Å²) in [7, 11) is 0. The Morgan fingerprint density at radius 3 is 2.20 bits per heavy atom. The van der Waals surface area contributed by atoms with Gasteiger partial charge in [0.1, 0.15) is 5.82 Å². The molecule has 30 heavy (non-hydrogen) atoms. The van der Waals surface area contributed by atoms with Crippen molar-refractivity contribution >= 4 is 11.6 Å². The summed E-state index contributed by atoms with van der Waals surface area (Å²) < 4.78 is 13.2. The van der Waals surface area contributed by atoms with Gasteiger partial charge >= 0.3 is 0 Å². The van der Waals surface area contributed by atoms with Gasteiger partial charge in [-0.2, -0.15) is 0 Å². The Hall–Kier alpha value is -2.98. The van der Waals surface area contributed by atoms with E-state index in [1.165, 1.54) is 17.7 Å². The number of hydrogen-bond acceptors (Lipinski definition) is 2. The molecule has 3 nitrogen and oxygen atoms in total. The van der Waals surface area contributed by atoms with Crippen molar-refractivity contribution in [3.05, 3.63) is 101 Å². The van der Waals surface area contributed by atoms with Crippen LogP contribution in [0.1, 0.15) is 34.3 Å². The molecule has 1 amide bonds. The standard InChI is InChI=1S/C26H27FN2O/c1-20-7-13-24(14-8-20)29(26(30)22-5-3-2-4-6-22)25-15-17-28(18-16-25)19-21-9-11-23(27)12-10-21/h2-14,25H,15-19H2,1H3. The summed E-state index contributed by atoms with van der Waals surface area (Å²) in [6.45, 7) is 4.68. The van der Waals surface area contributed by atoms with Gasteiger partial charge in [0, 0.05) is 36.9 Å². The van der Waals surface area contributed by atoms with E-state index in [0.29, 0.717) is 5.56 Å². The highest BCUT2D eigenvalue weighted by Crippen LogP contribution is 2.27. The van der Waals surface area contributed by atoms with Crippen LogP contribution in [0.3, 0.4) is 0 Å². The Labute approximate surface area is 177 Å². The van der Waals surface area contributed by atoms with E-state index >= 15 is 0 Å². The number of likely N-dealkylation sites (tertiary alicyclic amines) is 1. The van der Waals surface area contributed by atoms with Crippen molar-refractivity contribution in [3.63, 3.8) is 0 Å². The number of nitrogens with zero attached hydrogens (tertiary/aromatic N) is 2. The van der Waals surface area contributed by atoms with Crippen LogP contribution in [0.25, 0.3) is 0 Å². The molecule has 0 spiro atoms. The van der Waals surface area contributed by atoms with Crippen molar-refractivity contribution in [2.24, 2.45) is 0 Å². The van der Waals surface area contributed by atoms with Crippen molar-refractivity contribution in [1.82, 2.24) is 4.90 Å². The fourth-order valence-corrected chi connectivity index (χ4v) is 4.10. The predicted octanol–water partition coefficient (Wildman–Crippen LogP) is 5.45. The van der Waals surface area contributed by atoms with Gasteiger partial charge in [0.2, 0.25) is 0 Å². The minimum absolute atomic E-state index is 0.0523. The van der Waals surface area contributed by atoms with E-state index in [1.807, 2.05) is 59.5 Å². The fourth-order valence-electron chi connectivity index (χ4n) is 4.10. The van der Waals surface area contributed by atoms with E-state index in [-0.39, 0.29) is 17.8 Å². The Morgan fingerprint density at radius 1 is 0.933 bits per heavy atom. The molecule has 1 fully saturated rings. The minimum atomic E-state index is -0.203. The first kappa shape index (κ1) is 20.3. The second kappa shape index (κ2) is 9.23. The van der Waals surface area contributed by atoms with Crippen molar-refractivity contribution < 1.29 is 9.18 Å². The maximum Gasteiger partial charge on any atom is 0.258 e. The van der Waals surface area contributed by atoms with Crippen LogP contribution in [0.5, 0.6) is 0 Å². The summed E-state index contributed by atoms with van der Waals surface area (Å²) in [6.07, 6.45) is 1.82. The number of hydrogen-bond donors (Lipinski definition) is 0. The quantitative estimate of drug-likeness (QED) is 0.567. The predicted molar refractivity (Wildman–Crippen MR) is 119 cm³/mol. The Morgan fingerprint density at radius 2 is 1.57 bits per heavy atom. The number of carbonyl (C=O) groups excluding carboxylic acids is 1. The number of piperidine rings is 1. The first-order chi connectivity index (χ1) is 14.6. The molecule has 1 saturated heterocycles. The largest absolute Gasteiger partial charge is 0.305 e. The lowest BCUT2D eigenvalue weighted by atomic mass is 10.00. The third-order valence-corrected chi connectivity index (χ3v) is 5.79. The third-order valence-electron chi connectivity index (χ3n) is 5.79. The zero-order chi connectivity index (χ0) is 20.9. The molecule has 0 radical (unpaired) electrons. The summed E-state index contributed by atoms with van der Waals surface area (Å²) in [5.41, 5.74) is 3.96. The molecule has 0 atom stereocenters. The lowest BCUT2D eigenvalue weighted by Gasteiger charge is -2.38. The highest BCUT2D eigenvalue weighted by atomic mass is 19.1. The molecule has 3 aromatic carbocycles. The molecule has 4 rings (SSSR count). The summed E-state index contributed by atoms with van der Waals surface area (Å²) in [6, 6.07) is 24.6. The van der Waals surface area contributed by atoms with E-state index in [0.717, 1.165) is 43.7 Å². The maximum atomic E-state index is 13.4. The average molecular weight is 403 g/mol. The smallest absolute Gasteiger partial charge is 0.258 e. The Bertz CT molecular complexity index is 962. The first-order valence-electron chi connectivity index (χ1n) is 10.5. The first-order valence-corrected chi connectivity index (χ1v) is 10.5. The highest BCUT2D eigenvalue weighted by molar-refractivity contribution is 6.06. The van der Waals surface area contributed by atoms with E-state index in [4.69, 9.17) is 0 Å². The normalized spacial score (nSPS) is 15.1. The van der Waals surface area contributed by atoms with E-state index in [1.54, 1.807) is 0 Å². The summed E-state index contributed by atoms with van der Waals surface area (Å²) >= 11 is 0. The van der Waals surface area contributed by atoms with Gasteiger partial charge in [0.05, 0.1) is 0 Å².